The molecule has 0 aliphatic carbocycles. The van der Waals surface area contributed by atoms with Crippen LogP contribution in [0.1, 0.15) is 27.7 Å². The summed E-state index contributed by atoms with van der Waals surface area (Å²) < 4.78 is 5.67. The van der Waals surface area contributed by atoms with Crippen LogP contribution < -0.4 is 5.46 Å². The van der Waals surface area contributed by atoms with E-state index in [-0.39, 0.29) is 0 Å². The van der Waals surface area contributed by atoms with Crippen molar-refractivity contribution in [3.05, 3.63) is 18.5 Å². The largest absolute Gasteiger partial charge is 0.427 e. The third-order valence-corrected chi connectivity index (χ3v) is 2.74. The van der Waals surface area contributed by atoms with Gasteiger partial charge in [-0.05, 0) is 45.4 Å². The zero-order chi connectivity index (χ0) is 10.8. The van der Waals surface area contributed by atoms with Crippen LogP contribution in [0.3, 0.4) is 0 Å². The lowest BCUT2D eigenvalue weighted by Crippen LogP contribution is -2.49. The van der Waals surface area contributed by atoms with Crippen LogP contribution >= 0.6 is 0 Å². The summed E-state index contributed by atoms with van der Waals surface area (Å²) in [7, 11) is 0.514. The van der Waals surface area contributed by atoms with Crippen LogP contribution in [0.4, 0.5) is 0 Å². The monoisotopic (exact) mass is 195 g/mol. The summed E-state index contributed by atoms with van der Waals surface area (Å²) in [5.41, 5.74) is -0.310. The molecule has 0 unspecified atom stereocenters. The smallest absolute Gasteiger partial charge is 0.310 e. The second-order valence-corrected chi connectivity index (χ2v) is 4.58. The van der Waals surface area contributed by atoms with Gasteiger partial charge in [0.25, 0.3) is 0 Å². The van der Waals surface area contributed by atoms with Crippen molar-refractivity contribution < 1.29 is 9.76 Å². The van der Waals surface area contributed by atoms with Crippen LogP contribution in [0.2, 0.25) is 0 Å². The Morgan fingerprint density at radius 2 is 2.00 bits per heavy atom. The molecular weight excluding hydrogens is 177 g/mol. The quantitative estimate of drug-likeness (QED) is 0.689. The van der Waals surface area contributed by atoms with E-state index in [1.165, 1.54) is 0 Å². The van der Waals surface area contributed by atoms with E-state index in [1.807, 2.05) is 32.3 Å². The average Bonchev–Trinajstić information content (AvgIpc) is 2.50. The van der Waals surface area contributed by atoms with E-state index < -0.39 is 11.2 Å². The van der Waals surface area contributed by atoms with Gasteiger partial charge in [-0.15, -0.1) is 0 Å². The molecule has 0 spiro atoms. The van der Waals surface area contributed by atoms with Gasteiger partial charge in [-0.3, -0.25) is 0 Å². The molecule has 0 aliphatic heterocycles. The molecule has 0 atom stereocenters. The van der Waals surface area contributed by atoms with Crippen LogP contribution in [-0.2, 0) is 4.65 Å². The molecule has 4 heteroatoms. The first-order valence-corrected chi connectivity index (χ1v) is 4.81. The molecule has 14 heavy (non-hydrogen) atoms. The molecule has 3 nitrogen and oxygen atoms in total. The molecule has 1 rings (SSSR count). The molecule has 2 N–H and O–H groups in total. The Bertz CT molecular complexity index is 275. The molecule has 0 bridgehead atoms. The van der Waals surface area contributed by atoms with E-state index in [0.717, 1.165) is 5.46 Å². The summed E-state index contributed by atoms with van der Waals surface area (Å²) in [6, 6.07) is 1.96. The first-order valence-electron chi connectivity index (χ1n) is 4.81. The maximum atomic E-state index is 9.84. The van der Waals surface area contributed by atoms with Crippen LogP contribution in [0, 0.1) is 0 Å². The lowest BCUT2D eigenvalue weighted by molar-refractivity contribution is -0.0893. The Balaban J connectivity index is 2.53. The van der Waals surface area contributed by atoms with Gasteiger partial charge in [0.2, 0.25) is 0 Å². The molecule has 1 aromatic rings. The molecule has 0 saturated carbocycles. The molecular formula is C10H18BNO2. The van der Waals surface area contributed by atoms with Gasteiger partial charge in [0.1, 0.15) is 0 Å². The maximum Gasteiger partial charge on any atom is 0.310 e. The fraction of sp³-hybridized carbons (Fsp3) is 0.600. The summed E-state index contributed by atoms with van der Waals surface area (Å²) in [6.45, 7) is 7.29. The van der Waals surface area contributed by atoms with Gasteiger partial charge in [0.15, 0.2) is 0 Å². The SMILES string of the molecule is CC(C)(O)C(C)(C)OBc1cc[nH]c1. The normalized spacial score (nSPS) is 12.9. The molecule has 0 aromatic carbocycles. The minimum absolute atomic E-state index is 0.514. The van der Waals surface area contributed by atoms with Crippen molar-refractivity contribution >= 4 is 12.9 Å². The van der Waals surface area contributed by atoms with Crippen molar-refractivity contribution in [2.45, 2.75) is 38.9 Å². The average molecular weight is 195 g/mol. The zero-order valence-electron chi connectivity index (χ0n) is 9.29. The van der Waals surface area contributed by atoms with Crippen molar-refractivity contribution in [3.63, 3.8) is 0 Å². The Kier molecular flexibility index (Phi) is 3.07. The molecule has 0 aliphatic rings. The summed E-state index contributed by atoms with van der Waals surface area (Å²) in [6.07, 6.45) is 3.75. The summed E-state index contributed by atoms with van der Waals surface area (Å²) in [5, 5.41) is 9.84. The molecule has 1 heterocycles. The van der Waals surface area contributed by atoms with E-state index >= 15 is 0 Å². The number of aromatic nitrogens is 1. The Morgan fingerprint density at radius 1 is 1.36 bits per heavy atom. The predicted octanol–water partition coefficient (Wildman–Crippen LogP) is 0.558. The topological polar surface area (TPSA) is 45.2 Å². The van der Waals surface area contributed by atoms with E-state index in [4.69, 9.17) is 4.65 Å². The number of hydrogen-bond acceptors (Lipinski definition) is 2. The first kappa shape index (κ1) is 11.3. The lowest BCUT2D eigenvalue weighted by atomic mass is 9.84. The number of nitrogens with one attached hydrogen (secondary N) is 1. The van der Waals surface area contributed by atoms with Gasteiger partial charge in [0.05, 0.1) is 11.2 Å². The number of H-pyrrole nitrogens is 1. The number of aromatic amines is 1. The second-order valence-electron chi connectivity index (χ2n) is 4.58. The Morgan fingerprint density at radius 3 is 2.43 bits per heavy atom. The first-order chi connectivity index (χ1) is 6.33. The number of aliphatic hydroxyl groups is 1. The summed E-state index contributed by atoms with van der Waals surface area (Å²) >= 11 is 0. The number of rotatable bonds is 4. The minimum Gasteiger partial charge on any atom is -0.427 e. The standard InChI is InChI=1S/C10H18BNO2/c1-9(2,13)10(3,4)14-11-8-5-6-12-7-8/h5-7,11-13H,1-4H3. The minimum atomic E-state index is -0.844. The summed E-state index contributed by atoms with van der Waals surface area (Å²) in [4.78, 5) is 2.96. The van der Waals surface area contributed by atoms with Gasteiger partial charge in [-0.1, -0.05) is 0 Å². The van der Waals surface area contributed by atoms with Gasteiger partial charge < -0.3 is 14.7 Å². The second kappa shape index (κ2) is 3.79. The lowest BCUT2D eigenvalue weighted by Gasteiger charge is -2.37. The van der Waals surface area contributed by atoms with E-state index in [1.54, 1.807) is 13.8 Å². The summed E-state index contributed by atoms with van der Waals surface area (Å²) in [5.74, 6) is 0. The van der Waals surface area contributed by atoms with Crippen LogP contribution in [-0.4, -0.2) is 28.8 Å². The highest BCUT2D eigenvalue weighted by Crippen LogP contribution is 2.24. The van der Waals surface area contributed by atoms with E-state index in [2.05, 4.69) is 4.98 Å². The van der Waals surface area contributed by atoms with E-state index in [9.17, 15) is 5.11 Å². The van der Waals surface area contributed by atoms with Crippen molar-refractivity contribution in [3.8, 4) is 0 Å². The van der Waals surface area contributed by atoms with Crippen LogP contribution in [0.5, 0.6) is 0 Å². The highest BCUT2D eigenvalue weighted by Gasteiger charge is 2.35. The third-order valence-electron chi connectivity index (χ3n) is 2.74. The fourth-order valence-corrected chi connectivity index (χ4v) is 0.889. The van der Waals surface area contributed by atoms with Crippen molar-refractivity contribution in [1.82, 2.24) is 4.98 Å². The highest BCUT2D eigenvalue weighted by atomic mass is 16.5. The molecule has 78 valence electrons. The predicted molar refractivity (Wildman–Crippen MR) is 59.0 cm³/mol. The molecule has 0 amide bonds. The van der Waals surface area contributed by atoms with Crippen LogP contribution in [0.25, 0.3) is 0 Å². The molecule has 1 aromatic heterocycles. The molecule has 0 radical (unpaired) electrons. The van der Waals surface area contributed by atoms with Crippen molar-refractivity contribution in [1.29, 1.82) is 0 Å². The molecule has 0 saturated heterocycles. The van der Waals surface area contributed by atoms with Gasteiger partial charge in [-0.25, -0.2) is 0 Å². The fourth-order valence-electron chi connectivity index (χ4n) is 0.889. The van der Waals surface area contributed by atoms with Gasteiger partial charge >= 0.3 is 7.48 Å². The third kappa shape index (κ3) is 2.62. The Labute approximate surface area is 85.8 Å². The van der Waals surface area contributed by atoms with Gasteiger partial charge in [0, 0.05) is 6.20 Å². The Hall–Kier alpha value is -0.735. The number of hydrogen-bond donors (Lipinski definition) is 2. The molecule has 0 fully saturated rings. The maximum absolute atomic E-state index is 9.84. The zero-order valence-corrected chi connectivity index (χ0v) is 9.29. The van der Waals surface area contributed by atoms with E-state index in [0.29, 0.717) is 7.48 Å². The van der Waals surface area contributed by atoms with Gasteiger partial charge in [-0.2, -0.15) is 0 Å². The van der Waals surface area contributed by atoms with Crippen LogP contribution in [0.15, 0.2) is 18.5 Å². The van der Waals surface area contributed by atoms with Crippen molar-refractivity contribution in [2.24, 2.45) is 0 Å². The van der Waals surface area contributed by atoms with Crippen molar-refractivity contribution in [2.75, 3.05) is 0 Å². The highest BCUT2D eigenvalue weighted by molar-refractivity contribution is 6.46.